The van der Waals surface area contributed by atoms with Gasteiger partial charge in [-0.1, -0.05) is 0 Å². The summed E-state index contributed by atoms with van der Waals surface area (Å²) in [5.74, 6) is -2.59. The molecular formula is C13H14FNO4. The van der Waals surface area contributed by atoms with E-state index in [1.54, 1.807) is 13.0 Å². The maximum absolute atomic E-state index is 13.2. The number of carbonyl (C=O) groups is 2. The molecule has 1 unspecified atom stereocenters. The molecule has 0 bridgehead atoms. The van der Waals surface area contributed by atoms with E-state index in [9.17, 15) is 14.0 Å². The monoisotopic (exact) mass is 267 g/mol. The Balaban J connectivity index is 2.22. The minimum absolute atomic E-state index is 0.114. The summed E-state index contributed by atoms with van der Waals surface area (Å²) in [5, 5.41) is 11.6. The molecule has 2 rings (SSSR count). The number of rotatable bonds is 3. The number of halogens is 1. The van der Waals surface area contributed by atoms with Crippen LogP contribution in [0.3, 0.4) is 0 Å². The fraction of sp³-hybridized carbons (Fsp3) is 0.385. The van der Waals surface area contributed by atoms with Gasteiger partial charge in [0.15, 0.2) is 0 Å². The van der Waals surface area contributed by atoms with Crippen molar-refractivity contribution in [2.75, 3.05) is 11.9 Å². The largest absolute Gasteiger partial charge is 0.479 e. The van der Waals surface area contributed by atoms with E-state index in [1.807, 2.05) is 0 Å². The third kappa shape index (κ3) is 2.58. The molecule has 1 aromatic rings. The van der Waals surface area contributed by atoms with Crippen LogP contribution >= 0.6 is 0 Å². The average Bonchev–Trinajstić information content (AvgIpc) is 2.77. The molecule has 19 heavy (non-hydrogen) atoms. The van der Waals surface area contributed by atoms with Crippen molar-refractivity contribution >= 4 is 17.6 Å². The molecule has 1 aromatic carbocycles. The average molecular weight is 267 g/mol. The van der Waals surface area contributed by atoms with Crippen molar-refractivity contribution < 1.29 is 23.8 Å². The Bertz CT molecular complexity index is 503. The van der Waals surface area contributed by atoms with E-state index < -0.39 is 23.3 Å². The Hall–Kier alpha value is -1.95. The van der Waals surface area contributed by atoms with Crippen LogP contribution in [-0.2, 0) is 14.3 Å². The van der Waals surface area contributed by atoms with Crippen LogP contribution < -0.4 is 5.32 Å². The van der Waals surface area contributed by atoms with Crippen molar-refractivity contribution in [2.24, 2.45) is 0 Å². The summed E-state index contributed by atoms with van der Waals surface area (Å²) in [6.45, 7) is 1.90. The quantitative estimate of drug-likeness (QED) is 0.817. The van der Waals surface area contributed by atoms with Crippen LogP contribution in [0.4, 0.5) is 10.1 Å². The van der Waals surface area contributed by atoms with Gasteiger partial charge in [0.25, 0.3) is 5.91 Å². The van der Waals surface area contributed by atoms with Gasteiger partial charge < -0.3 is 15.2 Å². The van der Waals surface area contributed by atoms with Crippen LogP contribution in [0.25, 0.3) is 0 Å². The van der Waals surface area contributed by atoms with Gasteiger partial charge in [0.2, 0.25) is 5.60 Å². The highest BCUT2D eigenvalue weighted by Crippen LogP contribution is 2.28. The highest BCUT2D eigenvalue weighted by Gasteiger charge is 2.50. The fourth-order valence-electron chi connectivity index (χ4n) is 2.13. The molecule has 102 valence electrons. The third-order valence-electron chi connectivity index (χ3n) is 3.03. The zero-order chi connectivity index (χ0) is 14.0. The van der Waals surface area contributed by atoms with Gasteiger partial charge in [-0.15, -0.1) is 0 Å². The van der Waals surface area contributed by atoms with Crippen LogP contribution in [0, 0.1) is 12.7 Å². The zero-order valence-electron chi connectivity index (χ0n) is 10.4. The van der Waals surface area contributed by atoms with Crippen LogP contribution in [-0.4, -0.2) is 29.2 Å². The number of carboxylic acids is 1. The molecule has 0 spiro atoms. The van der Waals surface area contributed by atoms with Crippen molar-refractivity contribution in [3.63, 3.8) is 0 Å². The first-order valence-corrected chi connectivity index (χ1v) is 5.90. The fourth-order valence-corrected chi connectivity index (χ4v) is 2.13. The second-order valence-corrected chi connectivity index (χ2v) is 4.56. The van der Waals surface area contributed by atoms with Crippen molar-refractivity contribution in [3.8, 4) is 0 Å². The number of ether oxygens (including phenoxy) is 1. The molecule has 1 aliphatic heterocycles. The first kappa shape index (κ1) is 13.5. The van der Waals surface area contributed by atoms with Crippen LogP contribution in [0.2, 0.25) is 0 Å². The summed E-state index contributed by atoms with van der Waals surface area (Å²) in [6.07, 6.45) is 0.615. The molecule has 0 aromatic heterocycles. The lowest BCUT2D eigenvalue weighted by Gasteiger charge is -2.22. The number of aliphatic carboxylic acids is 1. The van der Waals surface area contributed by atoms with Crippen LogP contribution in [0.15, 0.2) is 18.2 Å². The van der Waals surface area contributed by atoms with E-state index in [4.69, 9.17) is 9.84 Å². The van der Waals surface area contributed by atoms with Gasteiger partial charge in [-0.2, -0.15) is 0 Å². The zero-order valence-corrected chi connectivity index (χ0v) is 10.4. The van der Waals surface area contributed by atoms with Gasteiger partial charge >= 0.3 is 5.97 Å². The minimum Gasteiger partial charge on any atom is -0.479 e. The number of benzene rings is 1. The second kappa shape index (κ2) is 4.97. The van der Waals surface area contributed by atoms with E-state index in [2.05, 4.69) is 5.32 Å². The van der Waals surface area contributed by atoms with Crippen molar-refractivity contribution in [2.45, 2.75) is 25.4 Å². The number of anilines is 1. The number of nitrogens with one attached hydrogen (secondary N) is 1. The van der Waals surface area contributed by atoms with Gasteiger partial charge in [0.05, 0.1) is 0 Å². The third-order valence-corrected chi connectivity index (χ3v) is 3.03. The van der Waals surface area contributed by atoms with E-state index in [0.717, 1.165) is 6.07 Å². The summed E-state index contributed by atoms with van der Waals surface area (Å²) in [7, 11) is 0. The standard InChI is InChI=1S/C13H14FNO4/c1-8-5-9(14)7-10(6-8)15-11(16)13(12(17)18)3-2-4-19-13/h5-7H,2-4H2,1H3,(H,15,16)(H,17,18). The highest BCUT2D eigenvalue weighted by atomic mass is 19.1. The summed E-state index contributed by atoms with van der Waals surface area (Å²) >= 11 is 0. The molecule has 1 heterocycles. The molecule has 0 radical (unpaired) electrons. The number of hydrogen-bond acceptors (Lipinski definition) is 3. The van der Waals surface area contributed by atoms with Crippen LogP contribution in [0.5, 0.6) is 0 Å². The van der Waals surface area contributed by atoms with Gasteiger partial charge in [0, 0.05) is 12.3 Å². The van der Waals surface area contributed by atoms with E-state index in [-0.39, 0.29) is 18.7 Å². The molecule has 2 N–H and O–H groups in total. The summed E-state index contributed by atoms with van der Waals surface area (Å²) in [4.78, 5) is 23.3. The van der Waals surface area contributed by atoms with Crippen molar-refractivity contribution in [1.82, 2.24) is 0 Å². The molecule has 1 saturated heterocycles. The molecule has 1 fully saturated rings. The van der Waals surface area contributed by atoms with E-state index in [0.29, 0.717) is 12.0 Å². The minimum atomic E-state index is -1.86. The number of aryl methyl sites for hydroxylation is 1. The van der Waals surface area contributed by atoms with Gasteiger partial charge in [-0.3, -0.25) is 4.79 Å². The first-order chi connectivity index (χ1) is 8.94. The molecule has 1 amide bonds. The molecule has 0 aliphatic carbocycles. The summed E-state index contributed by atoms with van der Waals surface area (Å²) in [6, 6.07) is 4.01. The van der Waals surface area contributed by atoms with Crippen molar-refractivity contribution in [3.05, 3.63) is 29.6 Å². The SMILES string of the molecule is Cc1cc(F)cc(NC(=O)C2(C(=O)O)CCCO2)c1. The Kier molecular flexibility index (Phi) is 3.53. The smallest absolute Gasteiger partial charge is 0.345 e. The van der Waals surface area contributed by atoms with Gasteiger partial charge in [-0.05, 0) is 43.5 Å². The Morgan fingerprint density at radius 2 is 2.16 bits per heavy atom. The lowest BCUT2D eigenvalue weighted by Crippen LogP contribution is -2.49. The predicted octanol–water partition coefficient (Wildman–Crippen LogP) is 1.71. The van der Waals surface area contributed by atoms with Gasteiger partial charge in [-0.25, -0.2) is 9.18 Å². The lowest BCUT2D eigenvalue weighted by atomic mass is 9.99. The Morgan fingerprint density at radius 1 is 1.42 bits per heavy atom. The van der Waals surface area contributed by atoms with Crippen molar-refractivity contribution in [1.29, 1.82) is 0 Å². The number of carboxylic acid groups (broad SMARTS) is 1. The van der Waals surface area contributed by atoms with Gasteiger partial charge in [0.1, 0.15) is 5.82 Å². The highest BCUT2D eigenvalue weighted by molar-refractivity contribution is 6.11. The number of hydrogen-bond donors (Lipinski definition) is 2. The maximum atomic E-state index is 13.2. The van der Waals surface area contributed by atoms with Crippen LogP contribution in [0.1, 0.15) is 18.4 Å². The topological polar surface area (TPSA) is 75.6 Å². The van der Waals surface area contributed by atoms with E-state index in [1.165, 1.54) is 6.07 Å². The molecule has 1 aliphatic rings. The number of carbonyl (C=O) groups excluding carboxylic acids is 1. The lowest BCUT2D eigenvalue weighted by molar-refractivity contribution is -0.165. The summed E-state index contributed by atoms with van der Waals surface area (Å²) < 4.78 is 18.3. The molecule has 1 atom stereocenters. The molecule has 0 saturated carbocycles. The Morgan fingerprint density at radius 3 is 2.68 bits per heavy atom. The van der Waals surface area contributed by atoms with E-state index >= 15 is 0 Å². The first-order valence-electron chi connectivity index (χ1n) is 5.90. The molecular weight excluding hydrogens is 253 g/mol. The Labute approximate surface area is 109 Å². The second-order valence-electron chi connectivity index (χ2n) is 4.56. The summed E-state index contributed by atoms with van der Waals surface area (Å²) in [5.41, 5.74) is -1.01. The predicted molar refractivity (Wildman–Crippen MR) is 65.3 cm³/mol. The maximum Gasteiger partial charge on any atom is 0.345 e. The molecule has 6 heteroatoms. The molecule has 5 nitrogen and oxygen atoms in total. The normalized spacial score (nSPS) is 22.2. The number of amides is 1.